The zero-order valence-electron chi connectivity index (χ0n) is 20.1. The largest absolute Gasteiger partial charge is 0.497 e. The Balaban J connectivity index is 1.69. The van der Waals surface area contributed by atoms with Gasteiger partial charge in [0.1, 0.15) is 17.1 Å². The molecule has 0 radical (unpaired) electrons. The zero-order chi connectivity index (χ0) is 24.2. The number of para-hydroxylation sites is 1. The second kappa shape index (κ2) is 10.2. The number of hydrogen-bond acceptors (Lipinski definition) is 5. The number of ether oxygens (including phenoxy) is 2. The molecule has 1 N–H and O–H groups in total. The third-order valence-corrected chi connectivity index (χ3v) is 6.63. The molecule has 1 unspecified atom stereocenters. The van der Waals surface area contributed by atoms with E-state index in [0.29, 0.717) is 17.0 Å². The van der Waals surface area contributed by atoms with Crippen LogP contribution in [0.4, 0.5) is 5.69 Å². The third kappa shape index (κ3) is 4.62. The van der Waals surface area contributed by atoms with Gasteiger partial charge >= 0.3 is 0 Å². The Bertz CT molecular complexity index is 1310. The van der Waals surface area contributed by atoms with Gasteiger partial charge in [0.05, 0.1) is 25.9 Å². The maximum atomic E-state index is 13.3. The molecule has 0 bridgehead atoms. The minimum Gasteiger partial charge on any atom is -0.497 e. The monoisotopic (exact) mass is 470 g/mol. The lowest BCUT2D eigenvalue weighted by Gasteiger charge is -2.35. The van der Waals surface area contributed by atoms with Crippen LogP contribution in [0, 0.1) is 0 Å². The van der Waals surface area contributed by atoms with Gasteiger partial charge in [0, 0.05) is 16.5 Å². The Morgan fingerprint density at radius 3 is 2.40 bits per heavy atom. The summed E-state index contributed by atoms with van der Waals surface area (Å²) in [5.74, 6) is 2.02. The van der Waals surface area contributed by atoms with Crippen LogP contribution >= 0.6 is 0 Å². The predicted molar refractivity (Wildman–Crippen MR) is 137 cm³/mol. The van der Waals surface area contributed by atoms with Crippen molar-refractivity contribution in [1.29, 1.82) is 0 Å². The fourth-order valence-corrected chi connectivity index (χ4v) is 4.89. The molecule has 0 spiro atoms. The van der Waals surface area contributed by atoms with E-state index in [9.17, 15) is 4.79 Å². The summed E-state index contributed by atoms with van der Waals surface area (Å²) in [6.07, 6.45) is 3.42. The van der Waals surface area contributed by atoms with Gasteiger partial charge in [-0.15, -0.1) is 0 Å². The summed E-state index contributed by atoms with van der Waals surface area (Å²) in [6.45, 7) is 1.85. The van der Waals surface area contributed by atoms with Crippen LogP contribution in [0.5, 0.6) is 11.5 Å². The van der Waals surface area contributed by atoms with E-state index < -0.39 is 0 Å². The lowest BCUT2D eigenvalue weighted by molar-refractivity contribution is 0.102. The van der Waals surface area contributed by atoms with Crippen molar-refractivity contribution in [3.05, 3.63) is 89.7 Å². The Morgan fingerprint density at radius 1 is 0.914 bits per heavy atom. The highest BCUT2D eigenvalue weighted by molar-refractivity contribution is 6.09. The molecule has 1 atom stereocenters. The number of rotatable bonds is 7. The number of carbonyl (C=O) groups is 1. The van der Waals surface area contributed by atoms with Gasteiger partial charge in [-0.1, -0.05) is 36.8 Å². The molecule has 1 amide bonds. The molecule has 180 valence electrons. The number of methoxy groups -OCH3 is 2. The minimum absolute atomic E-state index is 0.173. The van der Waals surface area contributed by atoms with E-state index in [-0.39, 0.29) is 11.9 Å². The Morgan fingerprint density at radius 2 is 1.66 bits per heavy atom. The molecule has 35 heavy (non-hydrogen) atoms. The first-order valence-electron chi connectivity index (χ1n) is 12.0. The number of nitrogens with zero attached hydrogens (tertiary/aromatic N) is 1. The van der Waals surface area contributed by atoms with Crippen molar-refractivity contribution in [1.82, 2.24) is 4.90 Å². The smallest absolute Gasteiger partial charge is 0.255 e. The molecule has 3 aromatic carbocycles. The van der Waals surface area contributed by atoms with E-state index in [0.717, 1.165) is 54.0 Å². The maximum Gasteiger partial charge on any atom is 0.255 e. The molecule has 2 heterocycles. The number of anilines is 1. The Labute approximate surface area is 205 Å². The predicted octanol–water partition coefficient (Wildman–Crippen LogP) is 6.28. The number of likely N-dealkylation sites (tertiary alicyclic amines) is 1. The molecule has 1 saturated heterocycles. The summed E-state index contributed by atoms with van der Waals surface area (Å²) >= 11 is 0. The number of benzene rings is 3. The van der Waals surface area contributed by atoms with E-state index in [1.54, 1.807) is 14.2 Å². The first-order valence-corrected chi connectivity index (χ1v) is 12.0. The summed E-state index contributed by atoms with van der Waals surface area (Å²) in [5.41, 5.74) is 2.96. The number of furan rings is 1. The quantitative estimate of drug-likeness (QED) is 0.344. The van der Waals surface area contributed by atoms with Gasteiger partial charge in [0.25, 0.3) is 5.91 Å². The second-order valence-electron chi connectivity index (χ2n) is 8.76. The zero-order valence-corrected chi connectivity index (χ0v) is 20.1. The van der Waals surface area contributed by atoms with Crippen molar-refractivity contribution in [2.24, 2.45) is 0 Å². The van der Waals surface area contributed by atoms with Crippen LogP contribution in [0.3, 0.4) is 0 Å². The van der Waals surface area contributed by atoms with Crippen molar-refractivity contribution in [2.45, 2.75) is 25.3 Å². The molecular weight excluding hydrogens is 440 g/mol. The minimum atomic E-state index is -0.251. The van der Waals surface area contributed by atoms with Gasteiger partial charge in [-0.05, 0) is 68.4 Å². The second-order valence-corrected chi connectivity index (χ2v) is 8.76. The first kappa shape index (κ1) is 23.0. The van der Waals surface area contributed by atoms with Crippen molar-refractivity contribution in [3.8, 4) is 11.5 Å². The number of fused-ring (bicyclic) bond motifs is 1. The number of piperidine rings is 1. The third-order valence-electron chi connectivity index (χ3n) is 6.63. The van der Waals surface area contributed by atoms with Crippen molar-refractivity contribution >= 4 is 22.6 Å². The standard InChI is InChI=1S/C29H30N2O4/c1-33-21-15-16-24(34-2)23(19-21)27(31-17-9-4-10-18-31)28-26(22-13-7-8-14-25(22)35-28)30-29(32)20-11-5-3-6-12-20/h3,5-8,11-16,19,27H,4,9-10,17-18H2,1-2H3,(H,30,32). The normalized spacial score (nSPS) is 15.0. The summed E-state index contributed by atoms with van der Waals surface area (Å²) in [6, 6.07) is 22.7. The van der Waals surface area contributed by atoms with Gasteiger partial charge < -0.3 is 19.2 Å². The van der Waals surface area contributed by atoms with Crippen molar-refractivity contribution in [2.75, 3.05) is 32.6 Å². The fourth-order valence-electron chi connectivity index (χ4n) is 4.89. The van der Waals surface area contributed by atoms with Crippen LogP contribution in [0.2, 0.25) is 0 Å². The Kier molecular flexibility index (Phi) is 6.73. The van der Waals surface area contributed by atoms with Gasteiger partial charge in [0.2, 0.25) is 0 Å². The first-order chi connectivity index (χ1) is 17.2. The van der Waals surface area contributed by atoms with Gasteiger partial charge in [-0.2, -0.15) is 0 Å². The SMILES string of the molecule is COc1ccc(OC)c(C(c2oc3ccccc3c2NC(=O)c2ccccc2)N2CCCCC2)c1. The summed E-state index contributed by atoms with van der Waals surface area (Å²) in [7, 11) is 3.34. The molecule has 1 aliphatic heterocycles. The molecule has 6 heteroatoms. The number of carbonyl (C=O) groups excluding carboxylic acids is 1. The van der Waals surface area contributed by atoms with E-state index in [1.807, 2.05) is 72.8 Å². The topological polar surface area (TPSA) is 63.9 Å². The molecule has 4 aromatic rings. The molecule has 1 fully saturated rings. The number of hydrogen-bond donors (Lipinski definition) is 1. The molecule has 0 aliphatic carbocycles. The molecule has 0 saturated carbocycles. The fraction of sp³-hybridized carbons (Fsp3) is 0.276. The lowest BCUT2D eigenvalue weighted by atomic mass is 9.97. The van der Waals surface area contributed by atoms with E-state index in [1.165, 1.54) is 6.42 Å². The lowest BCUT2D eigenvalue weighted by Crippen LogP contribution is -2.35. The molecule has 5 rings (SSSR count). The van der Waals surface area contributed by atoms with Crippen LogP contribution in [-0.4, -0.2) is 38.1 Å². The van der Waals surface area contributed by atoms with Gasteiger partial charge in [-0.25, -0.2) is 0 Å². The molecular formula is C29H30N2O4. The highest BCUT2D eigenvalue weighted by Crippen LogP contribution is 2.44. The summed E-state index contributed by atoms with van der Waals surface area (Å²) in [4.78, 5) is 15.7. The van der Waals surface area contributed by atoms with Crippen LogP contribution in [0.1, 0.15) is 47.0 Å². The summed E-state index contributed by atoms with van der Waals surface area (Å²) in [5, 5.41) is 4.04. The van der Waals surface area contributed by atoms with Gasteiger partial charge in [0.15, 0.2) is 5.76 Å². The van der Waals surface area contributed by atoms with E-state index >= 15 is 0 Å². The van der Waals surface area contributed by atoms with E-state index in [4.69, 9.17) is 13.9 Å². The summed E-state index contributed by atoms with van der Waals surface area (Å²) < 4.78 is 17.9. The van der Waals surface area contributed by atoms with Crippen molar-refractivity contribution in [3.63, 3.8) is 0 Å². The average Bonchev–Trinajstić information content (AvgIpc) is 3.27. The number of nitrogens with one attached hydrogen (secondary N) is 1. The average molecular weight is 471 g/mol. The Hall–Kier alpha value is -3.77. The van der Waals surface area contributed by atoms with Gasteiger partial charge in [-0.3, -0.25) is 9.69 Å². The molecule has 1 aliphatic rings. The highest BCUT2D eigenvalue weighted by Gasteiger charge is 2.33. The number of amides is 1. The molecule has 6 nitrogen and oxygen atoms in total. The van der Waals surface area contributed by atoms with Crippen LogP contribution in [0.15, 0.2) is 77.2 Å². The van der Waals surface area contributed by atoms with Crippen LogP contribution < -0.4 is 14.8 Å². The van der Waals surface area contributed by atoms with Crippen LogP contribution in [0.25, 0.3) is 11.0 Å². The molecule has 1 aromatic heterocycles. The maximum absolute atomic E-state index is 13.3. The highest BCUT2D eigenvalue weighted by atomic mass is 16.5. The van der Waals surface area contributed by atoms with E-state index in [2.05, 4.69) is 10.2 Å². The van der Waals surface area contributed by atoms with Crippen molar-refractivity contribution < 1.29 is 18.7 Å². The van der Waals surface area contributed by atoms with Crippen LogP contribution in [-0.2, 0) is 0 Å².